The smallest absolute Gasteiger partial charge is 0.305 e. The highest BCUT2D eigenvalue weighted by Crippen LogP contribution is 1.92. The summed E-state index contributed by atoms with van der Waals surface area (Å²) in [5.74, 6) is -0.514. The summed E-state index contributed by atoms with van der Waals surface area (Å²) in [6.45, 7) is 3.29. The van der Waals surface area contributed by atoms with Gasteiger partial charge in [-0.2, -0.15) is 5.26 Å². The molecule has 0 aromatic carbocycles. The topological polar surface area (TPSA) is 59.3 Å². The molecule has 0 heterocycles. The number of nitriles is 1. The third-order valence-corrected chi connectivity index (χ3v) is 0.696. The Morgan fingerprint density at radius 2 is 2.40 bits per heavy atom. The number of nitrogens with zero attached hydrogens (tertiary/aromatic N) is 1. The molecule has 0 aromatic heterocycles. The zero-order valence-corrected chi connectivity index (χ0v) is 5.96. The van der Waals surface area contributed by atoms with Crippen molar-refractivity contribution in [1.29, 1.82) is 5.26 Å². The molecule has 0 amide bonds. The van der Waals surface area contributed by atoms with Gasteiger partial charge in [0.25, 0.3) is 6.29 Å². The molecule has 0 N–H and O–H groups in total. The van der Waals surface area contributed by atoms with Crippen LogP contribution in [0.3, 0.4) is 0 Å². The van der Waals surface area contributed by atoms with E-state index in [0.717, 1.165) is 0 Å². The second-order valence-corrected chi connectivity index (χ2v) is 1.53. The van der Waals surface area contributed by atoms with Gasteiger partial charge in [-0.25, -0.2) is 0 Å². The highest BCUT2D eigenvalue weighted by Gasteiger charge is 2.07. The van der Waals surface area contributed by atoms with Crippen LogP contribution in [0.1, 0.15) is 13.8 Å². The summed E-state index contributed by atoms with van der Waals surface area (Å²) in [5, 5.41) is 8.25. The van der Waals surface area contributed by atoms with Crippen molar-refractivity contribution in [3.05, 3.63) is 0 Å². The van der Waals surface area contributed by atoms with Crippen LogP contribution in [0.2, 0.25) is 0 Å². The van der Waals surface area contributed by atoms with E-state index in [-0.39, 0.29) is 0 Å². The van der Waals surface area contributed by atoms with Crippen LogP contribution in [0.5, 0.6) is 0 Å². The van der Waals surface area contributed by atoms with Gasteiger partial charge in [-0.3, -0.25) is 4.79 Å². The zero-order chi connectivity index (χ0) is 7.98. The number of hydrogen-bond donors (Lipinski definition) is 0. The molecule has 0 rings (SSSR count). The summed E-state index contributed by atoms with van der Waals surface area (Å²) < 4.78 is 9.12. The van der Waals surface area contributed by atoms with Gasteiger partial charge in [0.1, 0.15) is 6.07 Å². The van der Waals surface area contributed by atoms with Crippen molar-refractivity contribution in [2.45, 2.75) is 20.1 Å². The predicted molar refractivity (Wildman–Crippen MR) is 32.8 cm³/mol. The van der Waals surface area contributed by atoms with E-state index in [1.165, 1.54) is 6.92 Å². The number of esters is 1. The van der Waals surface area contributed by atoms with E-state index in [4.69, 9.17) is 10.00 Å². The lowest BCUT2D eigenvalue weighted by atomic mass is 10.7. The Kier molecular flexibility index (Phi) is 4.25. The minimum atomic E-state index is -1.05. The van der Waals surface area contributed by atoms with Gasteiger partial charge in [0, 0.05) is 13.5 Å². The minimum absolute atomic E-state index is 0.353. The highest BCUT2D eigenvalue weighted by molar-refractivity contribution is 5.66. The largest absolute Gasteiger partial charge is 0.422 e. The molecule has 1 unspecified atom stereocenters. The summed E-state index contributed by atoms with van der Waals surface area (Å²) in [5.41, 5.74) is 0. The molecule has 0 spiro atoms. The molecule has 56 valence electrons. The lowest BCUT2D eigenvalue weighted by molar-refractivity contribution is -0.164. The van der Waals surface area contributed by atoms with Crippen molar-refractivity contribution in [1.82, 2.24) is 0 Å². The van der Waals surface area contributed by atoms with Gasteiger partial charge >= 0.3 is 5.97 Å². The van der Waals surface area contributed by atoms with Crippen molar-refractivity contribution < 1.29 is 14.3 Å². The molecule has 0 aliphatic rings. The van der Waals surface area contributed by atoms with Crippen LogP contribution in [0, 0.1) is 11.3 Å². The van der Waals surface area contributed by atoms with Gasteiger partial charge in [0.15, 0.2) is 0 Å². The van der Waals surface area contributed by atoms with Gasteiger partial charge in [0.05, 0.1) is 0 Å². The van der Waals surface area contributed by atoms with E-state index in [9.17, 15) is 4.79 Å². The molecule has 0 fully saturated rings. The van der Waals surface area contributed by atoms with E-state index in [1.54, 1.807) is 13.0 Å². The summed E-state index contributed by atoms with van der Waals surface area (Å²) in [4.78, 5) is 10.2. The minimum Gasteiger partial charge on any atom is -0.422 e. The zero-order valence-electron chi connectivity index (χ0n) is 5.96. The SMILES string of the molecule is CCOC(C#N)OC(C)=O. The third kappa shape index (κ3) is 3.87. The molecule has 4 heteroatoms. The fourth-order valence-corrected chi connectivity index (χ4v) is 0.400. The Morgan fingerprint density at radius 1 is 1.80 bits per heavy atom. The van der Waals surface area contributed by atoms with E-state index in [2.05, 4.69) is 4.74 Å². The Balaban J connectivity index is 3.63. The lowest BCUT2D eigenvalue weighted by Gasteiger charge is -2.07. The summed E-state index contributed by atoms with van der Waals surface area (Å²) in [7, 11) is 0. The highest BCUT2D eigenvalue weighted by atomic mass is 16.7. The molecular weight excluding hydrogens is 134 g/mol. The standard InChI is InChI=1S/C6H9NO3/c1-3-9-6(4-7)10-5(2)8/h6H,3H2,1-2H3. The monoisotopic (exact) mass is 143 g/mol. The molecule has 4 nitrogen and oxygen atoms in total. The van der Waals surface area contributed by atoms with Crippen LogP contribution < -0.4 is 0 Å². The normalized spacial score (nSPS) is 11.7. The average Bonchev–Trinajstić information content (AvgIpc) is 1.86. The maximum Gasteiger partial charge on any atom is 0.305 e. The van der Waals surface area contributed by atoms with Crippen LogP contribution >= 0.6 is 0 Å². The second-order valence-electron chi connectivity index (χ2n) is 1.53. The number of rotatable bonds is 3. The molecule has 0 aliphatic carbocycles. The molecule has 0 aliphatic heterocycles. The second kappa shape index (κ2) is 4.77. The van der Waals surface area contributed by atoms with Crippen molar-refractivity contribution in [3.63, 3.8) is 0 Å². The first-order chi connectivity index (χ1) is 4.70. The van der Waals surface area contributed by atoms with Gasteiger partial charge in [-0.15, -0.1) is 0 Å². The molecule has 0 aromatic rings. The molecular formula is C6H9NO3. The van der Waals surface area contributed by atoms with Crippen LogP contribution in [-0.2, 0) is 14.3 Å². The quantitative estimate of drug-likeness (QED) is 0.424. The van der Waals surface area contributed by atoms with Crippen molar-refractivity contribution in [3.8, 4) is 6.07 Å². The summed E-state index contributed by atoms with van der Waals surface area (Å²) in [6.07, 6.45) is -1.05. The number of hydrogen-bond acceptors (Lipinski definition) is 4. The van der Waals surface area contributed by atoms with Crippen LogP contribution in [-0.4, -0.2) is 18.9 Å². The molecule has 0 radical (unpaired) electrons. The summed E-state index contributed by atoms with van der Waals surface area (Å²) >= 11 is 0. The molecule has 10 heavy (non-hydrogen) atoms. The lowest BCUT2D eigenvalue weighted by Crippen LogP contribution is -2.17. The Morgan fingerprint density at radius 3 is 2.70 bits per heavy atom. The number of ether oxygens (including phenoxy) is 2. The first-order valence-corrected chi connectivity index (χ1v) is 2.89. The van der Waals surface area contributed by atoms with Gasteiger partial charge < -0.3 is 9.47 Å². The maximum atomic E-state index is 10.2. The average molecular weight is 143 g/mol. The van der Waals surface area contributed by atoms with Crippen molar-refractivity contribution in [2.75, 3.05) is 6.61 Å². The van der Waals surface area contributed by atoms with E-state index in [0.29, 0.717) is 6.61 Å². The number of carbonyl (C=O) groups is 1. The molecule has 0 bridgehead atoms. The fraction of sp³-hybridized carbons (Fsp3) is 0.667. The van der Waals surface area contributed by atoms with E-state index < -0.39 is 12.3 Å². The molecule has 0 saturated carbocycles. The Labute approximate surface area is 59.3 Å². The molecule has 0 saturated heterocycles. The van der Waals surface area contributed by atoms with E-state index >= 15 is 0 Å². The van der Waals surface area contributed by atoms with E-state index in [1.807, 2.05) is 0 Å². The Bertz CT molecular complexity index is 150. The van der Waals surface area contributed by atoms with Gasteiger partial charge in [0.2, 0.25) is 0 Å². The van der Waals surface area contributed by atoms with Crippen LogP contribution in [0.4, 0.5) is 0 Å². The fourth-order valence-electron chi connectivity index (χ4n) is 0.400. The van der Waals surface area contributed by atoms with Gasteiger partial charge in [-0.05, 0) is 6.92 Å². The van der Waals surface area contributed by atoms with Crippen molar-refractivity contribution in [2.24, 2.45) is 0 Å². The third-order valence-electron chi connectivity index (χ3n) is 0.696. The van der Waals surface area contributed by atoms with Crippen LogP contribution in [0.25, 0.3) is 0 Å². The first kappa shape index (κ1) is 8.92. The van der Waals surface area contributed by atoms with Crippen molar-refractivity contribution >= 4 is 5.97 Å². The first-order valence-electron chi connectivity index (χ1n) is 2.89. The molecule has 1 atom stereocenters. The predicted octanol–water partition coefficient (Wildman–Crippen LogP) is 0.436. The van der Waals surface area contributed by atoms with Gasteiger partial charge in [-0.1, -0.05) is 0 Å². The van der Waals surface area contributed by atoms with Crippen LogP contribution in [0.15, 0.2) is 0 Å². The summed E-state index contributed by atoms with van der Waals surface area (Å²) in [6, 6.07) is 1.67. The Hall–Kier alpha value is -1.08. The maximum absolute atomic E-state index is 10.2. The number of carbonyl (C=O) groups excluding carboxylic acids is 1.